The van der Waals surface area contributed by atoms with Crippen LogP contribution < -0.4 is 15.4 Å². The number of aromatic nitrogens is 2. The van der Waals surface area contributed by atoms with E-state index in [-0.39, 0.29) is 5.75 Å². The first-order chi connectivity index (χ1) is 17.3. The van der Waals surface area contributed by atoms with Crippen LogP contribution in [-0.2, 0) is 14.5 Å². The number of hydrogen-bond acceptors (Lipinski definition) is 7. The molecule has 1 aromatic heterocycles. The number of rotatable bonds is 7. The molecule has 0 spiro atoms. The molecule has 2 N–H and O–H groups in total. The molecule has 1 amide bonds. The molecule has 2 atom stereocenters. The van der Waals surface area contributed by atoms with Gasteiger partial charge in [0, 0.05) is 28.0 Å². The molecule has 2 aromatic carbocycles. The van der Waals surface area contributed by atoms with Crippen LogP contribution in [0.4, 0.5) is 30.4 Å². The molecule has 3 aromatic rings. The topological polar surface area (TPSA) is 106 Å². The first-order valence-electron chi connectivity index (χ1n) is 11.4. The molecule has 2 heterocycles. The van der Waals surface area contributed by atoms with Crippen molar-refractivity contribution in [3.63, 3.8) is 0 Å². The Kier molecular flexibility index (Phi) is 7.52. The van der Waals surface area contributed by atoms with E-state index in [9.17, 15) is 22.2 Å². The van der Waals surface area contributed by atoms with Crippen molar-refractivity contribution in [1.29, 1.82) is 0 Å². The fraction of sp³-hybridized carbons (Fsp3) is 0.375. The van der Waals surface area contributed by atoms with Crippen LogP contribution in [0.15, 0.2) is 41.0 Å². The maximum absolute atomic E-state index is 12.8. The van der Waals surface area contributed by atoms with Gasteiger partial charge in [0.25, 0.3) is 5.91 Å². The molecular weight excluding hydrogens is 531 g/mol. The largest absolute Gasteiger partial charge is 0.479 e. The Labute approximate surface area is 217 Å². The summed E-state index contributed by atoms with van der Waals surface area (Å²) >= 11 is 6.12. The van der Waals surface area contributed by atoms with Crippen molar-refractivity contribution in [2.75, 3.05) is 16.8 Å². The summed E-state index contributed by atoms with van der Waals surface area (Å²) in [5, 5.41) is 6.04. The second-order valence-corrected chi connectivity index (χ2v) is 11.8. The number of anilines is 2. The minimum Gasteiger partial charge on any atom is -0.479 e. The summed E-state index contributed by atoms with van der Waals surface area (Å²) < 4.78 is 61.2. The van der Waals surface area contributed by atoms with E-state index in [2.05, 4.69) is 19.6 Å². The molecular formula is C24H25ClF3N5O3S. The Morgan fingerprint density at radius 3 is 2.57 bits per heavy atom. The average Bonchev–Trinajstić information content (AvgIpc) is 2.79. The van der Waals surface area contributed by atoms with Crippen LogP contribution >= 0.6 is 11.6 Å². The normalized spacial score (nSPS) is 16.4. The standard InChI is InChI=1S/C24H25ClF3N5O3S/c1-13-9-17(33-37(35)7-4-8-37)11-19-21(13)22(30-12-29-19)32-18-6-5-16(25)10-20(18)36-14(2)23(34)31-15(3)24(26,27)28/h5-6,9-12,14-15H,4,7-8H2,1-3H3,(H,31,34)(H,29,30,32)/t14?,15-/m0/s1. The summed E-state index contributed by atoms with van der Waals surface area (Å²) in [6.07, 6.45) is -3.56. The van der Waals surface area contributed by atoms with Crippen LogP contribution in [0.1, 0.15) is 25.8 Å². The number of carbonyl (C=O) groups excluding carboxylic acids is 1. The van der Waals surface area contributed by atoms with Crippen molar-refractivity contribution in [2.24, 2.45) is 4.36 Å². The number of nitrogens with one attached hydrogen (secondary N) is 2. The molecule has 8 nitrogen and oxygen atoms in total. The van der Waals surface area contributed by atoms with Gasteiger partial charge in [-0.2, -0.15) is 17.5 Å². The Balaban J connectivity index is 1.62. The molecule has 1 aliphatic rings. The lowest BCUT2D eigenvalue weighted by atomic mass is 10.1. The average molecular weight is 556 g/mol. The first-order valence-corrected chi connectivity index (χ1v) is 13.7. The highest BCUT2D eigenvalue weighted by molar-refractivity contribution is 7.95. The maximum atomic E-state index is 12.8. The molecule has 1 aliphatic heterocycles. The van der Waals surface area contributed by atoms with Crippen molar-refractivity contribution in [3.05, 3.63) is 47.2 Å². The lowest BCUT2D eigenvalue weighted by Crippen LogP contribution is -2.47. The van der Waals surface area contributed by atoms with Gasteiger partial charge in [-0.05, 0) is 57.0 Å². The van der Waals surface area contributed by atoms with Gasteiger partial charge in [-0.3, -0.25) is 4.79 Å². The van der Waals surface area contributed by atoms with E-state index >= 15 is 0 Å². The quantitative estimate of drug-likeness (QED) is 0.389. The number of carbonyl (C=O) groups is 1. The first kappa shape index (κ1) is 26.9. The van der Waals surface area contributed by atoms with Gasteiger partial charge in [-0.15, -0.1) is 0 Å². The number of amides is 1. The van der Waals surface area contributed by atoms with Crippen LogP contribution in [0, 0.1) is 6.92 Å². The summed E-state index contributed by atoms with van der Waals surface area (Å²) in [5.74, 6) is 0.821. The van der Waals surface area contributed by atoms with Crippen LogP contribution in [0.25, 0.3) is 10.9 Å². The van der Waals surface area contributed by atoms with Crippen LogP contribution in [0.2, 0.25) is 5.02 Å². The summed E-state index contributed by atoms with van der Waals surface area (Å²) in [5.41, 5.74) is 2.36. The Morgan fingerprint density at radius 2 is 1.92 bits per heavy atom. The van der Waals surface area contributed by atoms with Crippen LogP contribution in [0.3, 0.4) is 0 Å². The van der Waals surface area contributed by atoms with E-state index in [1.54, 1.807) is 18.2 Å². The number of fused-ring (bicyclic) bond motifs is 1. The molecule has 0 radical (unpaired) electrons. The minimum absolute atomic E-state index is 0.146. The third-order valence-corrected chi connectivity index (χ3v) is 8.47. The van der Waals surface area contributed by atoms with Gasteiger partial charge < -0.3 is 15.4 Å². The zero-order valence-corrected chi connectivity index (χ0v) is 21.8. The third-order valence-electron chi connectivity index (χ3n) is 5.84. The molecule has 0 aliphatic carbocycles. The molecule has 1 fully saturated rings. The van der Waals surface area contributed by atoms with E-state index in [4.69, 9.17) is 16.3 Å². The van der Waals surface area contributed by atoms with Gasteiger partial charge >= 0.3 is 6.18 Å². The highest BCUT2D eigenvalue weighted by Gasteiger charge is 2.38. The van der Waals surface area contributed by atoms with Gasteiger partial charge in [0.1, 0.15) is 23.9 Å². The minimum atomic E-state index is -4.58. The molecule has 1 saturated heterocycles. The summed E-state index contributed by atoms with van der Waals surface area (Å²) in [6.45, 7) is 4.05. The molecule has 198 valence electrons. The number of nitrogens with zero attached hydrogens (tertiary/aromatic N) is 3. The molecule has 37 heavy (non-hydrogen) atoms. The SMILES string of the molecule is Cc1cc(N=S2(=O)CCC2)cc2ncnc(Nc3ccc(Cl)cc3OC(C)C(=O)N[C@@H](C)C(F)(F)F)c12. The van der Waals surface area contributed by atoms with Gasteiger partial charge in [-0.25, -0.2) is 14.2 Å². The van der Waals surface area contributed by atoms with E-state index in [0.29, 0.717) is 44.6 Å². The van der Waals surface area contributed by atoms with Gasteiger partial charge in [0.15, 0.2) is 6.10 Å². The van der Waals surface area contributed by atoms with Gasteiger partial charge in [0.2, 0.25) is 0 Å². The van der Waals surface area contributed by atoms with Gasteiger partial charge in [-0.1, -0.05) is 11.6 Å². The smallest absolute Gasteiger partial charge is 0.408 e. The summed E-state index contributed by atoms with van der Waals surface area (Å²) in [6, 6.07) is 6.17. The summed E-state index contributed by atoms with van der Waals surface area (Å²) in [4.78, 5) is 21.0. The Bertz CT molecular complexity index is 1460. The zero-order chi connectivity index (χ0) is 27.0. The van der Waals surface area contributed by atoms with Crippen molar-refractivity contribution in [1.82, 2.24) is 15.3 Å². The zero-order valence-electron chi connectivity index (χ0n) is 20.2. The number of aryl methyl sites for hydroxylation is 1. The monoisotopic (exact) mass is 555 g/mol. The highest BCUT2D eigenvalue weighted by Crippen LogP contribution is 2.35. The lowest BCUT2D eigenvalue weighted by molar-refractivity contribution is -0.160. The van der Waals surface area contributed by atoms with Crippen molar-refractivity contribution < 1.29 is 26.9 Å². The number of benzene rings is 2. The van der Waals surface area contributed by atoms with E-state index in [1.165, 1.54) is 19.3 Å². The van der Waals surface area contributed by atoms with Crippen molar-refractivity contribution >= 4 is 55.3 Å². The number of alkyl halides is 3. The van der Waals surface area contributed by atoms with Crippen LogP contribution in [0.5, 0.6) is 5.75 Å². The number of halogens is 4. The Morgan fingerprint density at radius 1 is 1.19 bits per heavy atom. The van der Waals surface area contributed by atoms with E-state index in [1.807, 2.05) is 18.3 Å². The van der Waals surface area contributed by atoms with Crippen molar-refractivity contribution in [2.45, 2.75) is 45.5 Å². The predicted molar refractivity (Wildman–Crippen MR) is 137 cm³/mol. The highest BCUT2D eigenvalue weighted by atomic mass is 35.5. The molecule has 0 bridgehead atoms. The van der Waals surface area contributed by atoms with E-state index < -0.39 is 34.0 Å². The molecule has 0 saturated carbocycles. The molecule has 4 rings (SSSR count). The van der Waals surface area contributed by atoms with E-state index in [0.717, 1.165) is 18.9 Å². The predicted octanol–water partition coefficient (Wildman–Crippen LogP) is 5.67. The lowest BCUT2D eigenvalue weighted by Gasteiger charge is -2.22. The molecule has 13 heteroatoms. The number of ether oxygens (including phenoxy) is 1. The second-order valence-electron chi connectivity index (χ2n) is 8.80. The van der Waals surface area contributed by atoms with Gasteiger partial charge in [0.05, 0.1) is 26.6 Å². The van der Waals surface area contributed by atoms with Crippen molar-refractivity contribution in [3.8, 4) is 5.75 Å². The third kappa shape index (κ3) is 6.24. The summed E-state index contributed by atoms with van der Waals surface area (Å²) in [7, 11) is -2.19. The van der Waals surface area contributed by atoms with Crippen LogP contribution in [-0.4, -0.2) is 49.9 Å². The fourth-order valence-electron chi connectivity index (χ4n) is 3.68. The maximum Gasteiger partial charge on any atom is 0.408 e. The second kappa shape index (κ2) is 10.3. The Hall–Kier alpha value is -3.12. The number of hydrogen-bond donors (Lipinski definition) is 2. The fourth-order valence-corrected chi connectivity index (χ4v) is 5.29. The molecule has 1 unspecified atom stereocenters.